The molecule has 26 heavy (non-hydrogen) atoms. The number of carbonyl (C=O) groups is 2. The number of esters is 1. The van der Waals surface area contributed by atoms with Gasteiger partial charge in [-0.3, -0.25) is 4.90 Å². The van der Waals surface area contributed by atoms with Crippen LogP contribution in [0.1, 0.15) is 59.1 Å². The van der Waals surface area contributed by atoms with E-state index in [1.165, 1.54) is 17.6 Å². The zero-order valence-corrected chi connectivity index (χ0v) is 17.4. The Morgan fingerprint density at radius 1 is 1.08 bits per heavy atom. The van der Waals surface area contributed by atoms with Crippen molar-refractivity contribution in [1.29, 1.82) is 0 Å². The smallest absolute Gasteiger partial charge is 0.410 e. The molecule has 0 N–H and O–H groups in total. The summed E-state index contributed by atoms with van der Waals surface area (Å²) in [7, 11) is 2.88. The number of benzene rings is 1. The molecule has 0 aliphatic rings. The second kappa shape index (κ2) is 8.56. The maximum absolute atomic E-state index is 12.3. The molecule has 1 unspecified atom stereocenters. The van der Waals surface area contributed by atoms with Crippen LogP contribution in [0.5, 0.6) is 0 Å². The van der Waals surface area contributed by atoms with Crippen LogP contribution < -0.4 is 0 Å². The average Bonchev–Trinajstić information content (AvgIpc) is 2.57. The fourth-order valence-electron chi connectivity index (χ4n) is 2.49. The third-order valence-corrected chi connectivity index (χ3v) is 4.67. The summed E-state index contributed by atoms with van der Waals surface area (Å²) in [6.07, 6.45) is 0.866. The maximum Gasteiger partial charge on any atom is 0.410 e. The number of hydrogen-bond donors (Lipinski definition) is 0. The van der Waals surface area contributed by atoms with E-state index in [4.69, 9.17) is 9.47 Å². The highest BCUT2D eigenvalue weighted by molar-refractivity contribution is 5.81. The van der Waals surface area contributed by atoms with Crippen LogP contribution in [0.25, 0.3) is 0 Å². The highest BCUT2D eigenvalue weighted by atomic mass is 16.6. The molecule has 0 fully saturated rings. The summed E-state index contributed by atoms with van der Waals surface area (Å²) >= 11 is 0. The summed E-state index contributed by atoms with van der Waals surface area (Å²) < 4.78 is 10.3. The number of carbonyl (C=O) groups excluding carboxylic acids is 2. The Bertz CT molecular complexity index is 614. The first-order chi connectivity index (χ1) is 11.9. The molecule has 5 nitrogen and oxygen atoms in total. The molecule has 1 aromatic rings. The van der Waals surface area contributed by atoms with E-state index >= 15 is 0 Å². The van der Waals surface area contributed by atoms with Crippen LogP contribution >= 0.6 is 0 Å². The Kier molecular flexibility index (Phi) is 7.25. The van der Waals surface area contributed by atoms with Gasteiger partial charge in [-0.05, 0) is 43.7 Å². The van der Waals surface area contributed by atoms with Crippen molar-refractivity contribution in [3.05, 3.63) is 35.4 Å². The van der Waals surface area contributed by atoms with E-state index in [1.807, 2.05) is 12.1 Å². The first-order valence-corrected chi connectivity index (χ1v) is 9.04. The van der Waals surface area contributed by atoms with Crippen molar-refractivity contribution in [3.63, 3.8) is 0 Å². The number of likely N-dealkylation sites (N-methyl/N-ethyl adjacent to an activating group) is 1. The minimum Gasteiger partial charge on any atom is -0.467 e. The summed E-state index contributed by atoms with van der Waals surface area (Å²) in [4.78, 5) is 25.9. The fourth-order valence-corrected chi connectivity index (χ4v) is 2.49. The van der Waals surface area contributed by atoms with Crippen molar-refractivity contribution in [2.45, 2.75) is 71.4 Å². The van der Waals surface area contributed by atoms with Crippen LogP contribution in [0.3, 0.4) is 0 Å². The van der Waals surface area contributed by atoms with Gasteiger partial charge in [0.15, 0.2) is 0 Å². The number of amides is 1. The second-order valence-electron chi connectivity index (χ2n) is 8.27. The minimum atomic E-state index is -0.736. The normalized spacial score (nSPS) is 13.1. The van der Waals surface area contributed by atoms with E-state index in [1.54, 1.807) is 27.8 Å². The Morgan fingerprint density at radius 3 is 2.04 bits per heavy atom. The molecule has 0 radical (unpaired) electrons. The summed E-state index contributed by atoms with van der Waals surface area (Å²) in [6, 6.07) is 7.44. The van der Waals surface area contributed by atoms with Crippen molar-refractivity contribution in [1.82, 2.24) is 4.90 Å². The molecule has 1 aromatic carbocycles. The van der Waals surface area contributed by atoms with Crippen LogP contribution in [-0.2, 0) is 26.1 Å². The molecule has 0 saturated heterocycles. The second-order valence-corrected chi connectivity index (χ2v) is 8.27. The molecule has 0 bridgehead atoms. The van der Waals surface area contributed by atoms with Gasteiger partial charge in [0.1, 0.15) is 11.6 Å². The van der Waals surface area contributed by atoms with Gasteiger partial charge in [0.05, 0.1) is 7.11 Å². The van der Waals surface area contributed by atoms with Gasteiger partial charge < -0.3 is 9.47 Å². The SMILES string of the molecule is CCC(C)(C)c1ccc(CC(C(=O)OC)N(C)C(=O)OC(C)(C)C)cc1. The summed E-state index contributed by atoms with van der Waals surface area (Å²) in [5.41, 5.74) is 1.69. The van der Waals surface area contributed by atoms with Crippen molar-refractivity contribution in [2.24, 2.45) is 0 Å². The molecule has 1 amide bonds. The van der Waals surface area contributed by atoms with Crippen molar-refractivity contribution in [2.75, 3.05) is 14.2 Å². The Balaban J connectivity index is 2.98. The summed E-state index contributed by atoms with van der Waals surface area (Å²) in [6.45, 7) is 11.9. The lowest BCUT2D eigenvalue weighted by Crippen LogP contribution is -2.46. The van der Waals surface area contributed by atoms with Crippen molar-refractivity contribution >= 4 is 12.1 Å². The summed E-state index contributed by atoms with van der Waals surface area (Å²) in [5, 5.41) is 0. The third kappa shape index (κ3) is 6.04. The van der Waals surface area contributed by atoms with E-state index in [0.29, 0.717) is 6.42 Å². The first kappa shape index (κ1) is 22.0. The predicted octanol–water partition coefficient (Wildman–Crippen LogP) is 4.33. The Labute approximate surface area is 157 Å². The zero-order valence-electron chi connectivity index (χ0n) is 17.4. The molecule has 0 heterocycles. The lowest BCUT2D eigenvalue weighted by molar-refractivity contribution is -0.146. The topological polar surface area (TPSA) is 55.8 Å². The lowest BCUT2D eigenvalue weighted by Gasteiger charge is -2.29. The Hall–Kier alpha value is -2.04. The zero-order chi connectivity index (χ0) is 20.1. The highest BCUT2D eigenvalue weighted by Crippen LogP contribution is 2.27. The number of hydrogen-bond acceptors (Lipinski definition) is 4. The van der Waals surface area contributed by atoms with Crippen LogP contribution in [0.4, 0.5) is 4.79 Å². The van der Waals surface area contributed by atoms with E-state index in [9.17, 15) is 9.59 Å². The van der Waals surface area contributed by atoms with Crippen LogP contribution in [0.2, 0.25) is 0 Å². The number of nitrogens with zero attached hydrogens (tertiary/aromatic N) is 1. The predicted molar refractivity (Wildman–Crippen MR) is 103 cm³/mol. The van der Waals surface area contributed by atoms with Crippen LogP contribution in [0, 0.1) is 0 Å². The monoisotopic (exact) mass is 363 g/mol. The molecule has 0 aliphatic carbocycles. The molecule has 0 spiro atoms. The first-order valence-electron chi connectivity index (χ1n) is 9.04. The van der Waals surface area contributed by atoms with Crippen LogP contribution in [0.15, 0.2) is 24.3 Å². The van der Waals surface area contributed by atoms with E-state index in [2.05, 4.69) is 32.9 Å². The van der Waals surface area contributed by atoms with Gasteiger partial charge >= 0.3 is 12.1 Å². The molecule has 0 saturated carbocycles. The molecule has 5 heteroatoms. The van der Waals surface area contributed by atoms with Gasteiger partial charge in [-0.1, -0.05) is 45.0 Å². The van der Waals surface area contributed by atoms with Gasteiger partial charge in [0.25, 0.3) is 0 Å². The quantitative estimate of drug-likeness (QED) is 0.706. The van der Waals surface area contributed by atoms with Gasteiger partial charge in [-0.15, -0.1) is 0 Å². The number of methoxy groups -OCH3 is 1. The summed E-state index contributed by atoms with van der Waals surface area (Å²) in [5.74, 6) is -0.462. The van der Waals surface area contributed by atoms with Gasteiger partial charge in [0.2, 0.25) is 0 Å². The molecule has 1 rings (SSSR count). The average molecular weight is 363 g/mol. The van der Waals surface area contributed by atoms with Gasteiger partial charge in [-0.2, -0.15) is 0 Å². The molecular formula is C21H33NO4. The van der Waals surface area contributed by atoms with Crippen molar-refractivity contribution in [3.8, 4) is 0 Å². The molecular weight excluding hydrogens is 330 g/mol. The number of rotatable bonds is 6. The standard InChI is InChI=1S/C21H33NO4/c1-9-21(5,6)16-12-10-15(11-13-16)14-17(18(23)25-8)22(7)19(24)26-20(2,3)4/h10-13,17H,9,14H2,1-8H3. The Morgan fingerprint density at radius 2 is 1.62 bits per heavy atom. The van der Waals surface area contributed by atoms with E-state index < -0.39 is 23.7 Å². The molecule has 1 atom stereocenters. The largest absolute Gasteiger partial charge is 0.467 e. The number of ether oxygens (including phenoxy) is 2. The van der Waals surface area contributed by atoms with E-state index in [-0.39, 0.29) is 5.41 Å². The third-order valence-electron chi connectivity index (χ3n) is 4.67. The molecule has 146 valence electrons. The van der Waals surface area contributed by atoms with Crippen LogP contribution in [-0.4, -0.2) is 42.8 Å². The molecule has 0 aromatic heterocycles. The molecule has 0 aliphatic heterocycles. The van der Waals surface area contributed by atoms with Gasteiger partial charge in [0, 0.05) is 13.5 Å². The fraction of sp³-hybridized carbons (Fsp3) is 0.619. The van der Waals surface area contributed by atoms with E-state index in [0.717, 1.165) is 12.0 Å². The minimum absolute atomic E-state index is 0.105. The van der Waals surface area contributed by atoms with Crippen molar-refractivity contribution < 1.29 is 19.1 Å². The maximum atomic E-state index is 12.3. The highest BCUT2D eigenvalue weighted by Gasteiger charge is 2.31. The van der Waals surface area contributed by atoms with Gasteiger partial charge in [-0.25, -0.2) is 9.59 Å². The lowest BCUT2D eigenvalue weighted by atomic mass is 9.82.